The maximum Gasteiger partial charge on any atom is 0.330 e. The monoisotopic (exact) mass is 339 g/mol. The fourth-order valence-corrected chi connectivity index (χ4v) is 3.06. The number of carbonyl (C=O) groups is 1. The molecule has 2 heterocycles. The first-order valence-corrected chi connectivity index (χ1v) is 8.59. The van der Waals surface area contributed by atoms with E-state index in [0.29, 0.717) is 0 Å². The fraction of sp³-hybridized carbons (Fsp3) is 0.158. The van der Waals surface area contributed by atoms with Gasteiger partial charge in [0.15, 0.2) is 0 Å². The molecule has 122 valence electrons. The average Bonchev–Trinajstić information content (AvgIpc) is 3.04. The zero-order valence-electron chi connectivity index (χ0n) is 13.3. The SMILES string of the molecule is C=CC(=O)OCSc1ccc2cc(-c3cccnc3CC)oc2c1. The Hall–Kier alpha value is -2.53. The summed E-state index contributed by atoms with van der Waals surface area (Å²) in [6.45, 7) is 5.45. The molecule has 5 heteroatoms. The number of benzene rings is 1. The van der Waals surface area contributed by atoms with Crippen molar-refractivity contribution in [2.75, 3.05) is 5.94 Å². The number of pyridine rings is 1. The normalized spacial score (nSPS) is 10.7. The summed E-state index contributed by atoms with van der Waals surface area (Å²) in [5.41, 5.74) is 2.84. The number of rotatable bonds is 6. The second kappa shape index (κ2) is 7.36. The smallest absolute Gasteiger partial charge is 0.330 e. The van der Waals surface area contributed by atoms with Gasteiger partial charge in [-0.05, 0) is 42.8 Å². The van der Waals surface area contributed by atoms with E-state index in [1.54, 1.807) is 6.20 Å². The molecule has 0 radical (unpaired) electrons. The van der Waals surface area contributed by atoms with E-state index in [1.165, 1.54) is 11.8 Å². The van der Waals surface area contributed by atoms with Gasteiger partial charge in [-0.3, -0.25) is 4.98 Å². The molecule has 0 aliphatic carbocycles. The molecular formula is C19H17NO3S. The minimum absolute atomic E-state index is 0.243. The minimum Gasteiger partial charge on any atom is -0.456 e. The number of furan rings is 1. The fourth-order valence-electron chi connectivity index (χ4n) is 2.39. The van der Waals surface area contributed by atoms with Gasteiger partial charge in [0.1, 0.15) is 17.3 Å². The molecule has 1 aromatic carbocycles. The van der Waals surface area contributed by atoms with Crippen LogP contribution in [0.2, 0.25) is 0 Å². The van der Waals surface area contributed by atoms with E-state index in [0.717, 1.165) is 45.4 Å². The summed E-state index contributed by atoms with van der Waals surface area (Å²) in [5, 5.41) is 1.03. The van der Waals surface area contributed by atoms with Gasteiger partial charge in [0.25, 0.3) is 0 Å². The molecule has 0 saturated carbocycles. The number of fused-ring (bicyclic) bond motifs is 1. The van der Waals surface area contributed by atoms with Crippen LogP contribution < -0.4 is 0 Å². The topological polar surface area (TPSA) is 52.3 Å². The van der Waals surface area contributed by atoms with Crippen molar-refractivity contribution in [1.29, 1.82) is 0 Å². The number of ether oxygens (including phenoxy) is 1. The molecule has 0 aliphatic rings. The Morgan fingerprint density at radius 3 is 3.04 bits per heavy atom. The van der Waals surface area contributed by atoms with Gasteiger partial charge in [-0.15, -0.1) is 0 Å². The van der Waals surface area contributed by atoms with E-state index in [1.807, 2.05) is 36.4 Å². The molecule has 0 N–H and O–H groups in total. The van der Waals surface area contributed by atoms with Crippen LogP contribution in [0.25, 0.3) is 22.3 Å². The zero-order chi connectivity index (χ0) is 16.9. The van der Waals surface area contributed by atoms with Crippen molar-refractivity contribution >= 4 is 28.7 Å². The van der Waals surface area contributed by atoms with E-state index in [4.69, 9.17) is 9.15 Å². The van der Waals surface area contributed by atoms with Crippen molar-refractivity contribution in [2.24, 2.45) is 0 Å². The molecule has 0 spiro atoms. The van der Waals surface area contributed by atoms with Crippen LogP contribution in [0.1, 0.15) is 12.6 Å². The molecule has 0 bridgehead atoms. The van der Waals surface area contributed by atoms with Crippen molar-refractivity contribution in [2.45, 2.75) is 18.2 Å². The Labute approximate surface area is 144 Å². The van der Waals surface area contributed by atoms with Crippen LogP contribution in [-0.4, -0.2) is 16.9 Å². The average molecular weight is 339 g/mol. The van der Waals surface area contributed by atoms with Crippen LogP contribution >= 0.6 is 11.8 Å². The van der Waals surface area contributed by atoms with Gasteiger partial charge < -0.3 is 9.15 Å². The quantitative estimate of drug-likeness (QED) is 0.278. The number of aryl methyl sites for hydroxylation is 1. The molecule has 3 rings (SSSR count). The van der Waals surface area contributed by atoms with Crippen molar-refractivity contribution in [3.05, 3.63) is 60.9 Å². The number of carbonyl (C=O) groups excluding carboxylic acids is 1. The number of hydrogen-bond donors (Lipinski definition) is 0. The molecule has 4 nitrogen and oxygen atoms in total. The molecule has 3 aromatic rings. The van der Waals surface area contributed by atoms with Gasteiger partial charge in [0.2, 0.25) is 0 Å². The van der Waals surface area contributed by atoms with E-state index < -0.39 is 5.97 Å². The number of esters is 1. The lowest BCUT2D eigenvalue weighted by atomic mass is 10.1. The Morgan fingerprint density at radius 2 is 2.25 bits per heavy atom. The highest BCUT2D eigenvalue weighted by Gasteiger charge is 2.11. The molecule has 0 aliphatic heterocycles. The molecule has 2 aromatic heterocycles. The van der Waals surface area contributed by atoms with Crippen LogP contribution in [0.15, 0.2) is 64.6 Å². The minimum atomic E-state index is -0.424. The van der Waals surface area contributed by atoms with E-state index in [9.17, 15) is 4.79 Å². The van der Waals surface area contributed by atoms with Crippen molar-refractivity contribution < 1.29 is 13.9 Å². The van der Waals surface area contributed by atoms with Gasteiger partial charge in [0, 0.05) is 28.1 Å². The molecule has 0 saturated heterocycles. The van der Waals surface area contributed by atoms with Crippen LogP contribution in [0, 0.1) is 0 Å². The highest BCUT2D eigenvalue weighted by atomic mass is 32.2. The highest BCUT2D eigenvalue weighted by molar-refractivity contribution is 7.99. The summed E-state index contributed by atoms with van der Waals surface area (Å²) < 4.78 is 11.0. The first kappa shape index (κ1) is 16.3. The number of nitrogens with zero attached hydrogens (tertiary/aromatic N) is 1. The Kier molecular flexibility index (Phi) is 5.01. The van der Waals surface area contributed by atoms with Gasteiger partial charge in [-0.1, -0.05) is 25.3 Å². The van der Waals surface area contributed by atoms with Crippen LogP contribution in [-0.2, 0) is 16.0 Å². The molecular weight excluding hydrogens is 322 g/mol. The first-order chi connectivity index (χ1) is 11.7. The number of thioether (sulfide) groups is 1. The molecule has 0 unspecified atom stereocenters. The Morgan fingerprint density at radius 1 is 1.38 bits per heavy atom. The predicted octanol–water partition coefficient (Wildman–Crippen LogP) is 4.84. The molecule has 24 heavy (non-hydrogen) atoms. The summed E-state index contributed by atoms with van der Waals surface area (Å²) in [7, 11) is 0. The zero-order valence-corrected chi connectivity index (χ0v) is 14.1. The summed E-state index contributed by atoms with van der Waals surface area (Å²) in [4.78, 5) is 16.4. The third kappa shape index (κ3) is 3.51. The summed E-state index contributed by atoms with van der Waals surface area (Å²) in [6, 6.07) is 11.9. The van der Waals surface area contributed by atoms with E-state index in [-0.39, 0.29) is 5.94 Å². The maximum atomic E-state index is 11.1. The van der Waals surface area contributed by atoms with Crippen LogP contribution in [0.5, 0.6) is 0 Å². The van der Waals surface area contributed by atoms with Gasteiger partial charge in [-0.25, -0.2) is 4.79 Å². The Bertz CT molecular complexity index is 885. The van der Waals surface area contributed by atoms with Crippen molar-refractivity contribution in [1.82, 2.24) is 4.98 Å². The van der Waals surface area contributed by atoms with Gasteiger partial charge >= 0.3 is 5.97 Å². The van der Waals surface area contributed by atoms with Crippen LogP contribution in [0.3, 0.4) is 0 Å². The molecule has 0 fully saturated rings. The second-order valence-electron chi connectivity index (χ2n) is 5.09. The lowest BCUT2D eigenvalue weighted by molar-refractivity contribution is -0.135. The predicted molar refractivity (Wildman–Crippen MR) is 95.8 cm³/mol. The summed E-state index contributed by atoms with van der Waals surface area (Å²) in [5.74, 6) is 0.634. The van der Waals surface area contributed by atoms with Gasteiger partial charge in [0.05, 0.1) is 5.69 Å². The van der Waals surface area contributed by atoms with E-state index >= 15 is 0 Å². The van der Waals surface area contributed by atoms with E-state index in [2.05, 4.69) is 18.5 Å². The second-order valence-corrected chi connectivity index (χ2v) is 6.09. The van der Waals surface area contributed by atoms with Crippen molar-refractivity contribution in [3.8, 4) is 11.3 Å². The lowest BCUT2D eigenvalue weighted by Gasteiger charge is -2.02. The lowest BCUT2D eigenvalue weighted by Crippen LogP contribution is -1.98. The number of aromatic nitrogens is 1. The van der Waals surface area contributed by atoms with Gasteiger partial charge in [-0.2, -0.15) is 0 Å². The molecule has 0 amide bonds. The number of hydrogen-bond acceptors (Lipinski definition) is 5. The maximum absolute atomic E-state index is 11.1. The van der Waals surface area contributed by atoms with Crippen molar-refractivity contribution in [3.63, 3.8) is 0 Å². The third-order valence-electron chi connectivity index (χ3n) is 3.58. The molecule has 0 atom stereocenters. The highest BCUT2D eigenvalue weighted by Crippen LogP contribution is 2.32. The van der Waals surface area contributed by atoms with Crippen LogP contribution in [0.4, 0.5) is 0 Å². The largest absolute Gasteiger partial charge is 0.456 e. The third-order valence-corrected chi connectivity index (χ3v) is 4.40. The summed E-state index contributed by atoms with van der Waals surface area (Å²) in [6.07, 6.45) is 3.80. The standard InChI is InChI=1S/C19H17NO3S/c1-3-16-15(6-5-9-20-16)18-10-13-7-8-14(11-17(13)23-18)24-12-22-19(21)4-2/h4-11H,2-3,12H2,1H3. The summed E-state index contributed by atoms with van der Waals surface area (Å²) >= 11 is 1.43. The first-order valence-electron chi connectivity index (χ1n) is 7.61. The Balaban J connectivity index is 1.84.